The van der Waals surface area contributed by atoms with Gasteiger partial charge in [-0.15, -0.1) is 0 Å². The van der Waals surface area contributed by atoms with Crippen molar-refractivity contribution in [3.8, 4) is 0 Å². The second-order valence-electron chi connectivity index (χ2n) is 5.64. The van der Waals surface area contributed by atoms with Crippen LogP contribution < -0.4 is 10.6 Å². The Morgan fingerprint density at radius 1 is 1.28 bits per heavy atom. The molecule has 0 bridgehead atoms. The lowest BCUT2D eigenvalue weighted by Crippen LogP contribution is -2.46. The first-order valence-electron chi connectivity index (χ1n) is 6.70. The molecule has 1 aliphatic heterocycles. The number of anilines is 1. The molecule has 1 aromatic rings. The van der Waals surface area contributed by atoms with Gasteiger partial charge in [0, 0.05) is 23.8 Å². The predicted octanol–water partition coefficient (Wildman–Crippen LogP) is 2.84. The van der Waals surface area contributed by atoms with Gasteiger partial charge in [-0.3, -0.25) is 5.41 Å². The van der Waals surface area contributed by atoms with Gasteiger partial charge < -0.3 is 10.6 Å². The third-order valence-electron chi connectivity index (χ3n) is 4.10. The number of nitrogen functional groups attached to an aromatic ring is 1. The second kappa shape index (κ2) is 5.01. The highest BCUT2D eigenvalue weighted by Crippen LogP contribution is 2.32. The smallest absolute Gasteiger partial charge is 0.124 e. The minimum Gasteiger partial charge on any atom is -0.384 e. The van der Waals surface area contributed by atoms with E-state index >= 15 is 0 Å². The third kappa shape index (κ3) is 2.35. The summed E-state index contributed by atoms with van der Waals surface area (Å²) in [7, 11) is 0. The largest absolute Gasteiger partial charge is 0.384 e. The highest BCUT2D eigenvalue weighted by atomic mass is 15.2. The van der Waals surface area contributed by atoms with Crippen molar-refractivity contribution in [1.82, 2.24) is 0 Å². The van der Waals surface area contributed by atoms with Crippen LogP contribution in [0.25, 0.3) is 0 Å². The zero-order valence-electron chi connectivity index (χ0n) is 11.5. The van der Waals surface area contributed by atoms with Crippen molar-refractivity contribution in [3.05, 3.63) is 29.8 Å². The Kier molecular flexibility index (Phi) is 3.60. The molecule has 0 radical (unpaired) electrons. The lowest BCUT2D eigenvalue weighted by atomic mass is 9.85. The zero-order chi connectivity index (χ0) is 13.3. The lowest BCUT2D eigenvalue weighted by Gasteiger charge is -2.43. The Labute approximate surface area is 109 Å². The molecule has 3 atom stereocenters. The number of rotatable bonds is 2. The highest BCUT2D eigenvalue weighted by Gasteiger charge is 2.30. The van der Waals surface area contributed by atoms with Crippen LogP contribution in [0.2, 0.25) is 0 Å². The summed E-state index contributed by atoms with van der Waals surface area (Å²) in [5.74, 6) is 1.52. The molecule has 98 valence electrons. The van der Waals surface area contributed by atoms with Crippen molar-refractivity contribution in [2.75, 3.05) is 11.4 Å². The standard InChI is InChI=1S/C15H23N3/c1-10-8-11(2)12(3)18(9-10)14-7-5-4-6-13(14)15(16)17/h4-7,10-12H,8-9H2,1-3H3,(H3,16,17). The van der Waals surface area contributed by atoms with Gasteiger partial charge in [0.15, 0.2) is 0 Å². The third-order valence-corrected chi connectivity index (χ3v) is 4.10. The average molecular weight is 245 g/mol. The van der Waals surface area contributed by atoms with Crippen molar-refractivity contribution >= 4 is 11.5 Å². The molecule has 3 heteroatoms. The number of amidine groups is 1. The summed E-state index contributed by atoms with van der Waals surface area (Å²) >= 11 is 0. The van der Waals surface area contributed by atoms with Gasteiger partial charge in [0.25, 0.3) is 0 Å². The summed E-state index contributed by atoms with van der Waals surface area (Å²) in [4.78, 5) is 2.41. The Morgan fingerprint density at radius 3 is 2.61 bits per heavy atom. The molecule has 18 heavy (non-hydrogen) atoms. The number of nitrogens with two attached hydrogens (primary N) is 1. The van der Waals surface area contributed by atoms with Crippen molar-refractivity contribution < 1.29 is 0 Å². The monoisotopic (exact) mass is 245 g/mol. The SMILES string of the molecule is CC1CC(C)C(C)N(c2ccccc2C(=N)N)C1. The van der Waals surface area contributed by atoms with Gasteiger partial charge in [-0.2, -0.15) is 0 Å². The number of benzene rings is 1. The molecular weight excluding hydrogens is 222 g/mol. The molecule has 1 fully saturated rings. The van der Waals surface area contributed by atoms with E-state index in [9.17, 15) is 0 Å². The van der Waals surface area contributed by atoms with E-state index in [1.165, 1.54) is 6.42 Å². The molecule has 3 unspecified atom stereocenters. The number of piperidine rings is 1. The van der Waals surface area contributed by atoms with Crippen LogP contribution in [0.1, 0.15) is 32.8 Å². The molecular formula is C15H23N3. The molecule has 0 saturated carbocycles. The molecule has 1 heterocycles. The maximum atomic E-state index is 7.71. The fourth-order valence-electron chi connectivity index (χ4n) is 2.98. The van der Waals surface area contributed by atoms with E-state index in [1.807, 2.05) is 18.2 Å². The number of para-hydroxylation sites is 1. The first-order valence-corrected chi connectivity index (χ1v) is 6.70. The summed E-state index contributed by atoms with van der Waals surface area (Å²) in [6.45, 7) is 7.93. The Balaban J connectivity index is 2.38. The van der Waals surface area contributed by atoms with Crippen LogP contribution in [-0.4, -0.2) is 18.4 Å². The van der Waals surface area contributed by atoms with Gasteiger partial charge in [0.2, 0.25) is 0 Å². The van der Waals surface area contributed by atoms with E-state index in [-0.39, 0.29) is 5.84 Å². The predicted molar refractivity (Wildman–Crippen MR) is 77.2 cm³/mol. The first kappa shape index (κ1) is 12.9. The van der Waals surface area contributed by atoms with Crippen molar-refractivity contribution in [3.63, 3.8) is 0 Å². The van der Waals surface area contributed by atoms with E-state index in [4.69, 9.17) is 11.1 Å². The Bertz CT molecular complexity index is 441. The van der Waals surface area contributed by atoms with Crippen LogP contribution in [0.4, 0.5) is 5.69 Å². The van der Waals surface area contributed by atoms with Gasteiger partial charge in [0.05, 0.1) is 0 Å². The Morgan fingerprint density at radius 2 is 1.94 bits per heavy atom. The molecule has 2 rings (SSSR count). The van der Waals surface area contributed by atoms with Crippen molar-refractivity contribution in [2.45, 2.75) is 33.2 Å². The van der Waals surface area contributed by atoms with Crippen LogP contribution >= 0.6 is 0 Å². The Hall–Kier alpha value is -1.51. The van der Waals surface area contributed by atoms with Gasteiger partial charge in [0.1, 0.15) is 5.84 Å². The normalized spacial score (nSPS) is 28.2. The number of nitrogens with zero attached hydrogens (tertiary/aromatic N) is 1. The number of hydrogen-bond acceptors (Lipinski definition) is 2. The maximum absolute atomic E-state index is 7.71. The van der Waals surface area contributed by atoms with Gasteiger partial charge in [-0.05, 0) is 37.3 Å². The molecule has 0 spiro atoms. The van der Waals surface area contributed by atoms with Gasteiger partial charge in [-0.1, -0.05) is 26.0 Å². The summed E-state index contributed by atoms with van der Waals surface area (Å²) in [6.07, 6.45) is 1.28. The first-order chi connectivity index (χ1) is 8.50. The fraction of sp³-hybridized carbons (Fsp3) is 0.533. The zero-order valence-corrected chi connectivity index (χ0v) is 11.5. The summed E-state index contributed by atoms with van der Waals surface area (Å²) in [5.41, 5.74) is 7.65. The van der Waals surface area contributed by atoms with Crippen LogP contribution in [0.5, 0.6) is 0 Å². The van der Waals surface area contributed by atoms with E-state index < -0.39 is 0 Å². The lowest BCUT2D eigenvalue weighted by molar-refractivity contribution is 0.297. The van der Waals surface area contributed by atoms with Crippen LogP contribution in [0, 0.1) is 17.2 Å². The molecule has 0 aliphatic carbocycles. The van der Waals surface area contributed by atoms with E-state index in [0.29, 0.717) is 17.9 Å². The maximum Gasteiger partial charge on any atom is 0.124 e. The van der Waals surface area contributed by atoms with Crippen LogP contribution in [0.15, 0.2) is 24.3 Å². The van der Waals surface area contributed by atoms with E-state index in [0.717, 1.165) is 17.8 Å². The highest BCUT2D eigenvalue weighted by molar-refractivity contribution is 6.00. The van der Waals surface area contributed by atoms with Crippen molar-refractivity contribution in [2.24, 2.45) is 17.6 Å². The minimum absolute atomic E-state index is 0.156. The minimum atomic E-state index is 0.156. The summed E-state index contributed by atoms with van der Waals surface area (Å²) in [5, 5.41) is 7.71. The van der Waals surface area contributed by atoms with Crippen LogP contribution in [-0.2, 0) is 0 Å². The summed E-state index contributed by atoms with van der Waals surface area (Å²) < 4.78 is 0. The average Bonchev–Trinajstić information content (AvgIpc) is 2.33. The fourth-order valence-corrected chi connectivity index (χ4v) is 2.98. The van der Waals surface area contributed by atoms with Gasteiger partial charge >= 0.3 is 0 Å². The molecule has 0 aromatic heterocycles. The molecule has 1 aromatic carbocycles. The van der Waals surface area contributed by atoms with Gasteiger partial charge in [-0.25, -0.2) is 0 Å². The molecule has 3 N–H and O–H groups in total. The molecule has 3 nitrogen and oxygen atoms in total. The second-order valence-corrected chi connectivity index (χ2v) is 5.64. The molecule has 1 aliphatic rings. The quantitative estimate of drug-likeness (QED) is 0.622. The molecule has 1 saturated heterocycles. The van der Waals surface area contributed by atoms with E-state index in [1.54, 1.807) is 0 Å². The number of nitrogens with one attached hydrogen (secondary N) is 1. The topological polar surface area (TPSA) is 53.1 Å². The van der Waals surface area contributed by atoms with E-state index in [2.05, 4.69) is 31.7 Å². The molecule has 0 amide bonds. The summed E-state index contributed by atoms with van der Waals surface area (Å²) in [6, 6.07) is 8.49. The number of hydrogen-bond donors (Lipinski definition) is 2. The van der Waals surface area contributed by atoms with Crippen LogP contribution in [0.3, 0.4) is 0 Å². The van der Waals surface area contributed by atoms with Crippen molar-refractivity contribution in [1.29, 1.82) is 5.41 Å².